The molecule has 1 N–H and O–H groups in total. The van der Waals surface area contributed by atoms with E-state index < -0.39 is 0 Å². The quantitative estimate of drug-likeness (QED) is 0.933. The van der Waals surface area contributed by atoms with Gasteiger partial charge in [-0.15, -0.1) is 0 Å². The lowest BCUT2D eigenvalue weighted by atomic mass is 10.2. The van der Waals surface area contributed by atoms with Crippen LogP contribution in [0.25, 0.3) is 11.4 Å². The van der Waals surface area contributed by atoms with Gasteiger partial charge in [-0.05, 0) is 41.2 Å². The van der Waals surface area contributed by atoms with Crippen molar-refractivity contribution in [2.24, 2.45) is 7.05 Å². The van der Waals surface area contributed by atoms with Crippen LogP contribution in [0.1, 0.15) is 5.69 Å². The summed E-state index contributed by atoms with van der Waals surface area (Å²) in [6.07, 6.45) is 0. The molecule has 0 spiro atoms. The van der Waals surface area contributed by atoms with E-state index in [0.717, 1.165) is 39.7 Å². The van der Waals surface area contributed by atoms with Crippen LogP contribution >= 0.6 is 15.9 Å². The lowest BCUT2D eigenvalue weighted by molar-refractivity contribution is 0.171. The lowest BCUT2D eigenvalue weighted by Crippen LogP contribution is -2.15. The SMILES string of the molecule is CNCc1c(Br)nc(-c2ccc3c(c2)OCCO3)n1C. The Balaban J connectivity index is 2.03. The van der Waals surface area contributed by atoms with Crippen LogP contribution < -0.4 is 14.8 Å². The van der Waals surface area contributed by atoms with E-state index in [2.05, 4.69) is 30.8 Å². The Labute approximate surface area is 126 Å². The van der Waals surface area contributed by atoms with Crippen LogP contribution in [0.5, 0.6) is 11.5 Å². The number of ether oxygens (including phenoxy) is 2. The molecule has 0 saturated carbocycles. The molecule has 0 saturated heterocycles. The molecule has 5 nitrogen and oxygen atoms in total. The first-order valence-electron chi connectivity index (χ1n) is 6.46. The number of imidazole rings is 1. The average molecular weight is 338 g/mol. The van der Waals surface area contributed by atoms with E-state index in [4.69, 9.17) is 9.47 Å². The minimum absolute atomic E-state index is 0.589. The predicted molar refractivity (Wildman–Crippen MR) is 80.1 cm³/mol. The van der Waals surface area contributed by atoms with Crippen LogP contribution in [-0.4, -0.2) is 29.8 Å². The van der Waals surface area contributed by atoms with Crippen molar-refractivity contribution in [1.29, 1.82) is 0 Å². The molecule has 2 aromatic rings. The van der Waals surface area contributed by atoms with E-state index in [1.165, 1.54) is 0 Å². The molecular weight excluding hydrogens is 322 g/mol. The fraction of sp³-hybridized carbons (Fsp3) is 0.357. The molecule has 0 bridgehead atoms. The van der Waals surface area contributed by atoms with Gasteiger partial charge in [-0.3, -0.25) is 0 Å². The average Bonchev–Trinajstić information content (AvgIpc) is 2.75. The summed E-state index contributed by atoms with van der Waals surface area (Å²) in [6.45, 7) is 1.95. The highest BCUT2D eigenvalue weighted by atomic mass is 79.9. The van der Waals surface area contributed by atoms with Gasteiger partial charge < -0.3 is 19.4 Å². The first-order chi connectivity index (χ1) is 9.70. The molecular formula is C14H16BrN3O2. The monoisotopic (exact) mass is 337 g/mol. The highest BCUT2D eigenvalue weighted by Crippen LogP contribution is 2.35. The van der Waals surface area contributed by atoms with Crippen LogP contribution in [0.2, 0.25) is 0 Å². The molecule has 0 radical (unpaired) electrons. The van der Waals surface area contributed by atoms with E-state index in [-0.39, 0.29) is 0 Å². The van der Waals surface area contributed by atoms with Crippen molar-refractivity contribution in [2.75, 3.05) is 20.3 Å². The summed E-state index contributed by atoms with van der Waals surface area (Å²) in [6, 6.07) is 5.92. The van der Waals surface area contributed by atoms with Crippen LogP contribution in [0.3, 0.4) is 0 Å². The van der Waals surface area contributed by atoms with E-state index in [9.17, 15) is 0 Å². The molecule has 0 atom stereocenters. The number of benzene rings is 1. The molecule has 1 aromatic carbocycles. The minimum Gasteiger partial charge on any atom is -0.486 e. The molecule has 0 aliphatic carbocycles. The molecule has 0 unspecified atom stereocenters. The highest BCUT2D eigenvalue weighted by Gasteiger charge is 2.17. The first kappa shape index (κ1) is 13.5. The molecule has 20 heavy (non-hydrogen) atoms. The number of nitrogens with zero attached hydrogens (tertiary/aromatic N) is 2. The van der Waals surface area contributed by atoms with Crippen molar-refractivity contribution < 1.29 is 9.47 Å². The third-order valence-electron chi connectivity index (χ3n) is 3.31. The molecule has 0 amide bonds. The van der Waals surface area contributed by atoms with Gasteiger partial charge in [-0.2, -0.15) is 0 Å². The zero-order valence-electron chi connectivity index (χ0n) is 11.4. The zero-order valence-corrected chi connectivity index (χ0v) is 13.0. The maximum Gasteiger partial charge on any atom is 0.162 e. The van der Waals surface area contributed by atoms with Crippen molar-refractivity contribution >= 4 is 15.9 Å². The number of fused-ring (bicyclic) bond motifs is 1. The number of hydrogen-bond acceptors (Lipinski definition) is 4. The van der Waals surface area contributed by atoms with Crippen molar-refractivity contribution in [3.8, 4) is 22.9 Å². The van der Waals surface area contributed by atoms with Gasteiger partial charge in [0.2, 0.25) is 0 Å². The van der Waals surface area contributed by atoms with Crippen molar-refractivity contribution in [2.45, 2.75) is 6.54 Å². The molecule has 6 heteroatoms. The summed E-state index contributed by atoms with van der Waals surface area (Å²) in [5.41, 5.74) is 2.12. The van der Waals surface area contributed by atoms with E-state index >= 15 is 0 Å². The fourth-order valence-corrected chi connectivity index (χ4v) is 2.87. The molecule has 2 heterocycles. The first-order valence-corrected chi connectivity index (χ1v) is 7.25. The van der Waals surface area contributed by atoms with E-state index in [1.54, 1.807) is 0 Å². The second-order valence-corrected chi connectivity index (χ2v) is 5.37. The van der Waals surface area contributed by atoms with Crippen LogP contribution in [0, 0.1) is 0 Å². The Hall–Kier alpha value is -1.53. The topological polar surface area (TPSA) is 48.3 Å². The summed E-state index contributed by atoms with van der Waals surface area (Å²) in [4.78, 5) is 4.59. The van der Waals surface area contributed by atoms with Crippen LogP contribution in [-0.2, 0) is 13.6 Å². The van der Waals surface area contributed by atoms with Gasteiger partial charge in [0.25, 0.3) is 0 Å². The third-order valence-corrected chi connectivity index (χ3v) is 3.94. The summed E-state index contributed by atoms with van der Waals surface area (Å²) < 4.78 is 14.1. The molecule has 106 valence electrons. The van der Waals surface area contributed by atoms with Gasteiger partial charge in [-0.25, -0.2) is 4.98 Å². The molecule has 1 aliphatic rings. The summed E-state index contributed by atoms with van der Waals surface area (Å²) >= 11 is 3.51. The van der Waals surface area contributed by atoms with Crippen LogP contribution in [0.4, 0.5) is 0 Å². The molecule has 0 fully saturated rings. The van der Waals surface area contributed by atoms with Gasteiger partial charge >= 0.3 is 0 Å². The Bertz CT molecular complexity index is 640. The van der Waals surface area contributed by atoms with Crippen LogP contribution in [0.15, 0.2) is 22.8 Å². The molecule has 1 aromatic heterocycles. The predicted octanol–water partition coefficient (Wildman–Crippen LogP) is 2.34. The Morgan fingerprint density at radius 2 is 2.05 bits per heavy atom. The maximum absolute atomic E-state index is 5.62. The Kier molecular flexibility index (Phi) is 3.67. The smallest absolute Gasteiger partial charge is 0.162 e. The summed E-state index contributed by atoms with van der Waals surface area (Å²) in [5.74, 6) is 2.48. The van der Waals surface area contributed by atoms with Crippen molar-refractivity contribution in [3.05, 3.63) is 28.5 Å². The Morgan fingerprint density at radius 1 is 1.30 bits per heavy atom. The van der Waals surface area contributed by atoms with E-state index in [1.807, 2.05) is 32.3 Å². The maximum atomic E-state index is 5.62. The standard InChI is InChI=1S/C14H16BrN3O2/c1-16-8-10-13(15)17-14(18(10)2)9-3-4-11-12(7-9)20-6-5-19-11/h3-4,7,16H,5-6,8H2,1-2H3. The molecule has 1 aliphatic heterocycles. The largest absolute Gasteiger partial charge is 0.486 e. The third kappa shape index (κ3) is 2.29. The van der Waals surface area contributed by atoms with Crippen molar-refractivity contribution in [3.63, 3.8) is 0 Å². The molecule has 3 rings (SSSR count). The van der Waals surface area contributed by atoms with Gasteiger partial charge in [0.1, 0.15) is 23.6 Å². The second-order valence-electron chi connectivity index (χ2n) is 4.62. The summed E-state index contributed by atoms with van der Waals surface area (Å²) in [7, 11) is 3.93. The van der Waals surface area contributed by atoms with Gasteiger partial charge in [-0.1, -0.05) is 0 Å². The highest BCUT2D eigenvalue weighted by molar-refractivity contribution is 9.10. The van der Waals surface area contributed by atoms with Crippen molar-refractivity contribution in [1.82, 2.24) is 14.9 Å². The number of aromatic nitrogens is 2. The number of rotatable bonds is 3. The van der Waals surface area contributed by atoms with Gasteiger partial charge in [0.15, 0.2) is 11.5 Å². The minimum atomic E-state index is 0.589. The number of nitrogens with one attached hydrogen (secondary N) is 1. The summed E-state index contributed by atoms with van der Waals surface area (Å²) in [5, 5.41) is 3.14. The van der Waals surface area contributed by atoms with E-state index in [0.29, 0.717) is 13.2 Å². The zero-order chi connectivity index (χ0) is 14.1. The van der Waals surface area contributed by atoms with Gasteiger partial charge in [0.05, 0.1) is 5.69 Å². The Morgan fingerprint density at radius 3 is 2.80 bits per heavy atom. The normalized spacial score (nSPS) is 13.6. The van der Waals surface area contributed by atoms with Gasteiger partial charge in [0, 0.05) is 19.2 Å². The second kappa shape index (κ2) is 5.46. The number of halogens is 1. The number of hydrogen-bond donors (Lipinski definition) is 1. The lowest BCUT2D eigenvalue weighted by Gasteiger charge is -2.18. The fourth-order valence-electron chi connectivity index (χ4n) is 2.30.